The average molecular weight is 249 g/mol. The summed E-state index contributed by atoms with van der Waals surface area (Å²) in [6.45, 7) is 0.382. The molecule has 2 rings (SSSR count). The van der Waals surface area contributed by atoms with E-state index in [1.54, 1.807) is 0 Å². The van der Waals surface area contributed by atoms with Crippen LogP contribution >= 0.6 is 0 Å². The Balaban J connectivity index is 1.83. The van der Waals surface area contributed by atoms with Gasteiger partial charge in [-0.15, -0.1) is 0 Å². The molecule has 3 unspecified atom stereocenters. The molecule has 1 saturated carbocycles. The monoisotopic (exact) mass is 249 g/mol. The summed E-state index contributed by atoms with van der Waals surface area (Å²) in [7, 11) is 1.99. The number of hydrogen-bond donors (Lipinski definition) is 2. The number of aliphatic hydroxyl groups excluding tert-OH is 1. The predicted molar refractivity (Wildman–Crippen MR) is 72.5 cm³/mol. The smallest absolute Gasteiger partial charge is 0.102 e. The van der Waals surface area contributed by atoms with E-state index in [-0.39, 0.29) is 6.10 Å². The Bertz CT molecular complexity index is 342. The molecule has 3 nitrogen and oxygen atoms in total. The van der Waals surface area contributed by atoms with Gasteiger partial charge in [0.05, 0.1) is 12.7 Å². The summed E-state index contributed by atoms with van der Waals surface area (Å²) >= 11 is 0. The highest BCUT2D eigenvalue weighted by molar-refractivity contribution is 5.17. The van der Waals surface area contributed by atoms with Gasteiger partial charge in [0, 0.05) is 6.04 Å². The molecule has 0 radical (unpaired) electrons. The second kappa shape index (κ2) is 6.88. The number of benzene rings is 1. The SMILES string of the molecule is CNC1CCCCC1OCC(O)c1ccccc1. The minimum absolute atomic E-state index is 0.238. The number of hydrogen-bond acceptors (Lipinski definition) is 3. The summed E-state index contributed by atoms with van der Waals surface area (Å²) in [6, 6.07) is 10.1. The lowest BCUT2D eigenvalue weighted by Gasteiger charge is -2.31. The van der Waals surface area contributed by atoms with Gasteiger partial charge in [0.25, 0.3) is 0 Å². The lowest BCUT2D eigenvalue weighted by atomic mass is 9.92. The topological polar surface area (TPSA) is 41.5 Å². The molecule has 1 aliphatic carbocycles. The Morgan fingerprint density at radius 2 is 2.00 bits per heavy atom. The molecule has 0 spiro atoms. The lowest BCUT2D eigenvalue weighted by Crippen LogP contribution is -2.42. The molecule has 0 bridgehead atoms. The van der Waals surface area contributed by atoms with Crippen LogP contribution in [0.1, 0.15) is 37.4 Å². The molecule has 100 valence electrons. The fourth-order valence-electron chi connectivity index (χ4n) is 2.61. The molecular weight excluding hydrogens is 226 g/mol. The molecule has 0 aromatic heterocycles. The van der Waals surface area contributed by atoms with E-state index in [1.807, 2.05) is 37.4 Å². The van der Waals surface area contributed by atoms with E-state index in [0.717, 1.165) is 12.0 Å². The van der Waals surface area contributed by atoms with Crippen LogP contribution in [-0.4, -0.2) is 30.9 Å². The van der Waals surface area contributed by atoms with Gasteiger partial charge in [-0.05, 0) is 25.5 Å². The third-order valence-corrected chi connectivity index (χ3v) is 3.73. The average Bonchev–Trinajstić information content (AvgIpc) is 2.46. The van der Waals surface area contributed by atoms with E-state index in [4.69, 9.17) is 4.74 Å². The molecular formula is C15H23NO2. The fourth-order valence-corrected chi connectivity index (χ4v) is 2.61. The Morgan fingerprint density at radius 3 is 2.72 bits per heavy atom. The molecule has 18 heavy (non-hydrogen) atoms. The van der Waals surface area contributed by atoms with Gasteiger partial charge in [0.15, 0.2) is 0 Å². The van der Waals surface area contributed by atoms with E-state index in [0.29, 0.717) is 12.6 Å². The first-order valence-electron chi connectivity index (χ1n) is 6.83. The van der Waals surface area contributed by atoms with Gasteiger partial charge in [-0.3, -0.25) is 0 Å². The zero-order chi connectivity index (χ0) is 12.8. The van der Waals surface area contributed by atoms with Gasteiger partial charge in [-0.1, -0.05) is 43.2 Å². The molecule has 0 heterocycles. The molecule has 0 aliphatic heterocycles. The van der Waals surface area contributed by atoms with Crippen LogP contribution < -0.4 is 5.32 Å². The van der Waals surface area contributed by atoms with Crippen molar-refractivity contribution in [2.45, 2.75) is 43.9 Å². The van der Waals surface area contributed by atoms with Crippen LogP contribution in [0.5, 0.6) is 0 Å². The number of likely N-dealkylation sites (N-methyl/N-ethyl adjacent to an activating group) is 1. The van der Waals surface area contributed by atoms with Crippen molar-refractivity contribution in [2.24, 2.45) is 0 Å². The van der Waals surface area contributed by atoms with Crippen molar-refractivity contribution >= 4 is 0 Å². The zero-order valence-electron chi connectivity index (χ0n) is 11.0. The number of aliphatic hydroxyl groups is 1. The second-order valence-electron chi connectivity index (χ2n) is 4.98. The molecule has 0 saturated heterocycles. The van der Waals surface area contributed by atoms with E-state index in [1.165, 1.54) is 19.3 Å². The maximum atomic E-state index is 10.1. The summed E-state index contributed by atoms with van der Waals surface area (Å²) in [4.78, 5) is 0. The summed E-state index contributed by atoms with van der Waals surface area (Å²) in [6.07, 6.45) is 4.47. The van der Waals surface area contributed by atoms with Crippen molar-refractivity contribution in [2.75, 3.05) is 13.7 Å². The van der Waals surface area contributed by atoms with Crippen molar-refractivity contribution < 1.29 is 9.84 Å². The summed E-state index contributed by atoms with van der Waals surface area (Å²) in [5.41, 5.74) is 0.925. The van der Waals surface area contributed by atoms with Gasteiger partial charge < -0.3 is 15.2 Å². The zero-order valence-corrected chi connectivity index (χ0v) is 11.0. The van der Waals surface area contributed by atoms with Crippen molar-refractivity contribution in [1.82, 2.24) is 5.32 Å². The van der Waals surface area contributed by atoms with Crippen LogP contribution in [0.3, 0.4) is 0 Å². The normalized spacial score (nSPS) is 25.9. The van der Waals surface area contributed by atoms with Crippen LogP contribution in [0, 0.1) is 0 Å². The highest BCUT2D eigenvalue weighted by Gasteiger charge is 2.25. The molecule has 2 N–H and O–H groups in total. The minimum atomic E-state index is -0.523. The van der Waals surface area contributed by atoms with Gasteiger partial charge >= 0.3 is 0 Å². The quantitative estimate of drug-likeness (QED) is 0.841. The van der Waals surface area contributed by atoms with Crippen LogP contribution in [0.2, 0.25) is 0 Å². The van der Waals surface area contributed by atoms with Gasteiger partial charge in [0.2, 0.25) is 0 Å². The molecule has 3 atom stereocenters. The first-order chi connectivity index (χ1) is 8.81. The number of rotatable bonds is 5. The number of ether oxygens (including phenoxy) is 1. The van der Waals surface area contributed by atoms with Crippen molar-refractivity contribution in [1.29, 1.82) is 0 Å². The third kappa shape index (κ3) is 3.55. The van der Waals surface area contributed by atoms with Crippen molar-refractivity contribution in [3.8, 4) is 0 Å². The Morgan fingerprint density at radius 1 is 1.28 bits per heavy atom. The van der Waals surface area contributed by atoms with E-state index in [2.05, 4.69) is 5.32 Å². The van der Waals surface area contributed by atoms with Crippen LogP contribution in [-0.2, 0) is 4.74 Å². The summed E-state index contributed by atoms with van der Waals surface area (Å²) in [5.74, 6) is 0. The van der Waals surface area contributed by atoms with E-state index < -0.39 is 6.10 Å². The largest absolute Gasteiger partial charge is 0.386 e. The Kier molecular flexibility index (Phi) is 5.17. The van der Waals surface area contributed by atoms with E-state index >= 15 is 0 Å². The first kappa shape index (κ1) is 13.5. The van der Waals surface area contributed by atoms with Crippen LogP contribution in [0.4, 0.5) is 0 Å². The number of nitrogens with one attached hydrogen (secondary N) is 1. The molecule has 1 aliphatic rings. The molecule has 1 fully saturated rings. The predicted octanol–water partition coefficient (Wildman–Crippen LogP) is 2.27. The van der Waals surface area contributed by atoms with Gasteiger partial charge in [-0.2, -0.15) is 0 Å². The Labute approximate surface area is 109 Å². The molecule has 1 aromatic rings. The van der Waals surface area contributed by atoms with Gasteiger partial charge in [-0.25, -0.2) is 0 Å². The molecule has 1 aromatic carbocycles. The van der Waals surface area contributed by atoms with Crippen molar-refractivity contribution in [3.63, 3.8) is 0 Å². The lowest BCUT2D eigenvalue weighted by molar-refractivity contribution is -0.0380. The highest BCUT2D eigenvalue weighted by Crippen LogP contribution is 2.22. The first-order valence-corrected chi connectivity index (χ1v) is 6.83. The maximum absolute atomic E-state index is 10.1. The summed E-state index contributed by atoms with van der Waals surface area (Å²) < 4.78 is 5.89. The van der Waals surface area contributed by atoms with Crippen molar-refractivity contribution in [3.05, 3.63) is 35.9 Å². The third-order valence-electron chi connectivity index (χ3n) is 3.73. The fraction of sp³-hybridized carbons (Fsp3) is 0.600. The van der Waals surface area contributed by atoms with Gasteiger partial charge in [0.1, 0.15) is 6.10 Å². The second-order valence-corrected chi connectivity index (χ2v) is 4.98. The molecule has 0 amide bonds. The van der Waals surface area contributed by atoms with Crippen LogP contribution in [0.25, 0.3) is 0 Å². The molecule has 3 heteroatoms. The maximum Gasteiger partial charge on any atom is 0.102 e. The standard InChI is InChI=1S/C15H23NO2/c1-16-13-9-5-6-10-15(13)18-11-14(17)12-7-3-2-4-8-12/h2-4,7-8,13-17H,5-6,9-11H2,1H3. The van der Waals surface area contributed by atoms with Crippen LogP contribution in [0.15, 0.2) is 30.3 Å². The highest BCUT2D eigenvalue weighted by atomic mass is 16.5. The summed E-state index contributed by atoms with van der Waals surface area (Å²) in [5, 5.41) is 13.4. The van der Waals surface area contributed by atoms with E-state index in [9.17, 15) is 5.11 Å². The Hall–Kier alpha value is -0.900. The minimum Gasteiger partial charge on any atom is -0.386 e.